The highest BCUT2D eigenvalue weighted by atomic mass is 35.5. The average molecular weight is 313 g/mol. The standard InChI is InChI=1S/C14H16N2O2S.ClH/c1-16(12-9-15-10-12)19(17,18)14-8-4-6-11-5-2-3-7-13(11)14;/h2-8,12,15H,9-10H2,1H3;1H. The molecule has 1 heterocycles. The maximum Gasteiger partial charge on any atom is 0.243 e. The highest BCUT2D eigenvalue weighted by Crippen LogP contribution is 2.26. The van der Waals surface area contributed by atoms with Crippen molar-refractivity contribution in [3.05, 3.63) is 42.5 Å². The second kappa shape index (κ2) is 5.69. The van der Waals surface area contributed by atoms with Gasteiger partial charge in [-0.2, -0.15) is 4.31 Å². The number of hydrogen-bond donors (Lipinski definition) is 1. The highest BCUT2D eigenvalue weighted by molar-refractivity contribution is 7.89. The lowest BCUT2D eigenvalue weighted by molar-refractivity contribution is 0.274. The predicted molar refractivity (Wildman–Crippen MR) is 82.8 cm³/mol. The molecule has 0 atom stereocenters. The maximum absolute atomic E-state index is 12.7. The third-order valence-corrected chi connectivity index (χ3v) is 5.65. The summed E-state index contributed by atoms with van der Waals surface area (Å²) in [5.74, 6) is 0. The van der Waals surface area contributed by atoms with Crippen molar-refractivity contribution in [2.45, 2.75) is 10.9 Å². The first-order valence-corrected chi connectivity index (χ1v) is 7.71. The van der Waals surface area contributed by atoms with Crippen molar-refractivity contribution in [1.82, 2.24) is 9.62 Å². The zero-order valence-corrected chi connectivity index (χ0v) is 12.7. The molecule has 0 aliphatic carbocycles. The van der Waals surface area contributed by atoms with Crippen LogP contribution in [0.15, 0.2) is 47.4 Å². The van der Waals surface area contributed by atoms with Gasteiger partial charge in [0.1, 0.15) is 0 Å². The molecule has 1 aliphatic heterocycles. The Bertz CT molecular complexity index is 709. The predicted octanol–water partition coefficient (Wildman–Crippen LogP) is 1.85. The zero-order chi connectivity index (χ0) is 13.5. The number of rotatable bonds is 3. The van der Waals surface area contributed by atoms with Gasteiger partial charge in [-0.3, -0.25) is 0 Å². The number of nitrogens with one attached hydrogen (secondary N) is 1. The van der Waals surface area contributed by atoms with Gasteiger partial charge in [-0.15, -0.1) is 12.4 Å². The molecule has 0 amide bonds. The number of nitrogens with zero attached hydrogens (tertiary/aromatic N) is 1. The Morgan fingerprint density at radius 3 is 2.40 bits per heavy atom. The molecule has 20 heavy (non-hydrogen) atoms. The van der Waals surface area contributed by atoms with Crippen LogP contribution < -0.4 is 5.32 Å². The molecule has 3 rings (SSSR count). The lowest BCUT2D eigenvalue weighted by atomic mass is 10.1. The first kappa shape index (κ1) is 15.3. The molecule has 4 nitrogen and oxygen atoms in total. The van der Waals surface area contributed by atoms with Crippen LogP contribution in [0.2, 0.25) is 0 Å². The number of sulfonamides is 1. The minimum absolute atomic E-state index is 0. The summed E-state index contributed by atoms with van der Waals surface area (Å²) in [4.78, 5) is 0.389. The quantitative estimate of drug-likeness (QED) is 0.941. The van der Waals surface area contributed by atoms with Crippen LogP contribution in [0.5, 0.6) is 0 Å². The van der Waals surface area contributed by atoms with Crippen LogP contribution in [0, 0.1) is 0 Å². The van der Waals surface area contributed by atoms with Gasteiger partial charge in [0.25, 0.3) is 0 Å². The fourth-order valence-electron chi connectivity index (χ4n) is 2.30. The highest BCUT2D eigenvalue weighted by Gasteiger charge is 2.32. The summed E-state index contributed by atoms with van der Waals surface area (Å²) in [6.45, 7) is 1.45. The van der Waals surface area contributed by atoms with Gasteiger partial charge in [-0.25, -0.2) is 8.42 Å². The van der Waals surface area contributed by atoms with Gasteiger partial charge in [0.05, 0.1) is 4.90 Å². The topological polar surface area (TPSA) is 49.4 Å². The third kappa shape index (κ3) is 2.42. The second-order valence-corrected chi connectivity index (χ2v) is 6.78. The number of halogens is 1. The van der Waals surface area contributed by atoms with E-state index < -0.39 is 10.0 Å². The van der Waals surface area contributed by atoms with Gasteiger partial charge in [0.15, 0.2) is 0 Å². The molecule has 0 bridgehead atoms. The van der Waals surface area contributed by atoms with Crippen LogP contribution in [-0.2, 0) is 10.0 Å². The summed E-state index contributed by atoms with van der Waals surface area (Å²) in [6.07, 6.45) is 0. The first-order chi connectivity index (χ1) is 9.10. The number of hydrogen-bond acceptors (Lipinski definition) is 3. The molecule has 2 aromatic rings. The number of benzene rings is 2. The van der Waals surface area contributed by atoms with Crippen molar-refractivity contribution in [2.24, 2.45) is 0 Å². The smallest absolute Gasteiger partial charge is 0.243 e. The van der Waals surface area contributed by atoms with Crippen LogP contribution in [0.25, 0.3) is 10.8 Å². The van der Waals surface area contributed by atoms with E-state index in [1.807, 2.05) is 30.3 Å². The van der Waals surface area contributed by atoms with E-state index in [1.165, 1.54) is 4.31 Å². The van der Waals surface area contributed by atoms with E-state index >= 15 is 0 Å². The summed E-state index contributed by atoms with van der Waals surface area (Å²) < 4.78 is 26.8. The molecule has 0 saturated carbocycles. The maximum atomic E-state index is 12.7. The van der Waals surface area contributed by atoms with Crippen molar-refractivity contribution in [1.29, 1.82) is 0 Å². The molecule has 0 radical (unpaired) electrons. The van der Waals surface area contributed by atoms with Crippen LogP contribution in [0.3, 0.4) is 0 Å². The van der Waals surface area contributed by atoms with Gasteiger partial charge in [0.2, 0.25) is 10.0 Å². The third-order valence-electron chi connectivity index (χ3n) is 3.68. The molecule has 108 valence electrons. The van der Waals surface area contributed by atoms with Crippen molar-refractivity contribution in [3.63, 3.8) is 0 Å². The molecule has 1 fully saturated rings. The molecular weight excluding hydrogens is 296 g/mol. The van der Waals surface area contributed by atoms with Gasteiger partial charge in [0, 0.05) is 31.6 Å². The van der Waals surface area contributed by atoms with E-state index in [9.17, 15) is 8.42 Å². The van der Waals surface area contributed by atoms with Crippen molar-refractivity contribution < 1.29 is 8.42 Å². The minimum Gasteiger partial charge on any atom is -0.313 e. The number of fused-ring (bicyclic) bond motifs is 1. The van der Waals surface area contributed by atoms with E-state index in [4.69, 9.17) is 0 Å². The fourth-order valence-corrected chi connectivity index (χ4v) is 3.87. The largest absolute Gasteiger partial charge is 0.313 e. The van der Waals surface area contributed by atoms with Gasteiger partial charge in [-0.1, -0.05) is 36.4 Å². The monoisotopic (exact) mass is 312 g/mol. The summed E-state index contributed by atoms with van der Waals surface area (Å²) >= 11 is 0. The van der Waals surface area contributed by atoms with Gasteiger partial charge in [-0.05, 0) is 11.5 Å². The first-order valence-electron chi connectivity index (χ1n) is 6.27. The van der Waals surface area contributed by atoms with E-state index in [2.05, 4.69) is 5.32 Å². The molecule has 1 N–H and O–H groups in total. The second-order valence-electron chi connectivity index (χ2n) is 4.81. The Kier molecular flexibility index (Phi) is 4.34. The zero-order valence-electron chi connectivity index (χ0n) is 11.1. The van der Waals surface area contributed by atoms with Gasteiger partial charge >= 0.3 is 0 Å². The Balaban J connectivity index is 0.00000147. The Morgan fingerprint density at radius 2 is 1.75 bits per heavy atom. The Morgan fingerprint density at radius 1 is 1.10 bits per heavy atom. The molecule has 2 aromatic carbocycles. The molecule has 1 saturated heterocycles. The summed E-state index contributed by atoms with van der Waals surface area (Å²) in [5.41, 5.74) is 0. The average Bonchev–Trinajstić information content (AvgIpc) is 2.36. The lowest BCUT2D eigenvalue weighted by Crippen LogP contribution is -2.57. The molecule has 6 heteroatoms. The molecule has 0 aromatic heterocycles. The van der Waals surface area contributed by atoms with Crippen molar-refractivity contribution in [3.8, 4) is 0 Å². The van der Waals surface area contributed by atoms with Gasteiger partial charge < -0.3 is 5.32 Å². The van der Waals surface area contributed by atoms with E-state index in [0.29, 0.717) is 4.90 Å². The Hall–Kier alpha value is -1.14. The van der Waals surface area contributed by atoms with Crippen LogP contribution in [0.1, 0.15) is 0 Å². The molecule has 0 unspecified atom stereocenters. The van der Waals surface area contributed by atoms with Crippen LogP contribution >= 0.6 is 12.4 Å². The molecular formula is C14H17ClN2O2S. The van der Waals surface area contributed by atoms with Crippen molar-refractivity contribution in [2.75, 3.05) is 20.1 Å². The molecule has 1 aliphatic rings. The van der Waals surface area contributed by atoms with Crippen molar-refractivity contribution >= 4 is 33.2 Å². The minimum atomic E-state index is -3.43. The van der Waals surface area contributed by atoms with E-state index in [1.54, 1.807) is 19.2 Å². The van der Waals surface area contributed by atoms with Crippen LogP contribution in [-0.4, -0.2) is 38.9 Å². The normalized spacial score (nSPS) is 15.9. The summed E-state index contributed by atoms with van der Waals surface area (Å²) in [7, 11) is -1.78. The lowest BCUT2D eigenvalue weighted by Gasteiger charge is -2.34. The van der Waals surface area contributed by atoms with Crippen LogP contribution in [0.4, 0.5) is 0 Å². The number of likely N-dealkylation sites (N-methyl/N-ethyl adjacent to an activating group) is 1. The fraction of sp³-hybridized carbons (Fsp3) is 0.286. The summed E-state index contributed by atoms with van der Waals surface area (Å²) in [6, 6.07) is 13.0. The molecule has 0 spiro atoms. The SMILES string of the molecule is CN(C1CNC1)S(=O)(=O)c1cccc2ccccc12.Cl. The van der Waals surface area contributed by atoms with E-state index in [0.717, 1.165) is 23.9 Å². The summed E-state index contributed by atoms with van der Waals surface area (Å²) in [5, 5.41) is 4.83. The van der Waals surface area contributed by atoms with E-state index in [-0.39, 0.29) is 18.4 Å². The Labute approximate surface area is 125 Å².